The maximum absolute atomic E-state index is 14.9. The van der Waals surface area contributed by atoms with Crippen molar-refractivity contribution in [2.24, 2.45) is 0 Å². The summed E-state index contributed by atoms with van der Waals surface area (Å²) in [6, 6.07) is 99.2. The van der Waals surface area contributed by atoms with Crippen molar-refractivity contribution in [2.75, 3.05) is 0 Å². The zero-order chi connectivity index (χ0) is 65.7. The fourth-order valence-electron chi connectivity index (χ4n) is 15.2. The molecule has 19 aromatic rings. The monoisotopic (exact) mass is 1280 g/mol. The Labute approximate surface area is 555 Å². The first-order valence-electron chi connectivity index (χ1n) is 32.2. The number of nitrogens with zero attached hydrogens (tertiary/aromatic N) is 6. The van der Waals surface area contributed by atoms with Crippen molar-refractivity contribution in [3.63, 3.8) is 0 Å². The minimum atomic E-state index is -5.12. The number of benzene rings is 14. The van der Waals surface area contributed by atoms with Gasteiger partial charge in [0.2, 0.25) is 0 Å². The number of halogens is 6. The molecule has 14 aromatic carbocycles. The number of para-hydroxylation sites is 6. The molecule has 0 atom stereocenters. The number of hydrogen-bond acceptors (Lipinski definition) is 2. The highest BCUT2D eigenvalue weighted by Crippen LogP contribution is 2.46. The van der Waals surface area contributed by atoms with Crippen LogP contribution in [0, 0.1) is 0 Å². The normalized spacial score (nSPS) is 12.4. The molecule has 0 spiro atoms. The van der Waals surface area contributed by atoms with Crippen LogP contribution in [0.5, 0.6) is 0 Å². The minimum Gasteiger partial charge on any atom is -0.309 e. The maximum atomic E-state index is 14.9. The van der Waals surface area contributed by atoms with Crippen molar-refractivity contribution in [2.45, 2.75) is 12.4 Å². The smallest absolute Gasteiger partial charge is 0.309 e. The Balaban J connectivity index is 0.877. The van der Waals surface area contributed by atoms with E-state index >= 15 is 0 Å². The van der Waals surface area contributed by atoms with Gasteiger partial charge in [0.25, 0.3) is 0 Å². The van der Waals surface area contributed by atoms with Crippen LogP contribution in [-0.4, -0.2) is 28.2 Å². The Kier molecular flexibility index (Phi) is 12.5. The summed E-state index contributed by atoms with van der Waals surface area (Å²) < 4.78 is 98.6. The molecule has 98 heavy (non-hydrogen) atoms. The van der Waals surface area contributed by atoms with Gasteiger partial charge in [0.1, 0.15) is 0 Å². The summed E-state index contributed by atoms with van der Waals surface area (Å²) in [6.45, 7) is 0. The van der Waals surface area contributed by atoms with Crippen LogP contribution in [0.2, 0.25) is 0 Å². The highest BCUT2D eigenvalue weighted by molar-refractivity contribution is 6.16. The maximum Gasteiger partial charge on any atom is 0.416 e. The summed E-state index contributed by atoms with van der Waals surface area (Å²) >= 11 is 0. The van der Waals surface area contributed by atoms with Crippen molar-refractivity contribution in [3.8, 4) is 67.6 Å². The Morgan fingerprint density at radius 3 is 1.06 bits per heavy atom. The molecular weight excluding hydrogens is 1230 g/mol. The predicted octanol–water partition coefficient (Wildman–Crippen LogP) is 23.9. The molecule has 0 saturated carbocycles. The van der Waals surface area contributed by atoms with Gasteiger partial charge in [-0.1, -0.05) is 176 Å². The molecule has 0 aliphatic rings. The molecule has 0 saturated heterocycles. The molecule has 12 heteroatoms. The van der Waals surface area contributed by atoms with E-state index in [2.05, 4.69) is 218 Å². The number of alkyl halides is 6. The summed E-state index contributed by atoms with van der Waals surface area (Å²) in [7, 11) is 0. The molecule has 0 aliphatic heterocycles. The Morgan fingerprint density at radius 2 is 0.592 bits per heavy atom. The zero-order valence-electron chi connectivity index (χ0n) is 51.8. The third-order valence-corrected chi connectivity index (χ3v) is 19.5. The molecule has 6 nitrogen and oxygen atoms in total. The highest BCUT2D eigenvalue weighted by atomic mass is 19.4. The Hall–Kier alpha value is -12.5. The molecule has 0 radical (unpaired) electrons. The third-order valence-electron chi connectivity index (χ3n) is 19.5. The quantitative estimate of drug-likeness (QED) is 0.112. The van der Waals surface area contributed by atoms with Gasteiger partial charge < -0.3 is 18.3 Å². The summed E-state index contributed by atoms with van der Waals surface area (Å²) in [5.41, 5.74) is 12.9. The van der Waals surface area contributed by atoms with Crippen LogP contribution < -0.4 is 0 Å². The van der Waals surface area contributed by atoms with E-state index in [1.165, 1.54) is 0 Å². The molecule has 466 valence electrons. The lowest BCUT2D eigenvalue weighted by atomic mass is 9.97. The molecule has 0 unspecified atom stereocenters. The fourth-order valence-corrected chi connectivity index (χ4v) is 15.2. The van der Waals surface area contributed by atoms with E-state index in [1.807, 2.05) is 72.8 Å². The van der Waals surface area contributed by atoms with Crippen molar-refractivity contribution in [1.82, 2.24) is 28.2 Å². The van der Waals surface area contributed by atoms with E-state index in [0.29, 0.717) is 27.8 Å². The summed E-state index contributed by atoms with van der Waals surface area (Å²) in [4.78, 5) is 10.5. The van der Waals surface area contributed by atoms with Gasteiger partial charge in [-0.3, -0.25) is 0 Å². The molecule has 5 aromatic heterocycles. The number of fused-ring (bicyclic) bond motifs is 15. The van der Waals surface area contributed by atoms with Gasteiger partial charge in [0.15, 0.2) is 5.82 Å². The minimum absolute atomic E-state index is 0.0879. The summed E-state index contributed by atoms with van der Waals surface area (Å²) in [6.07, 6.45) is -10.2. The number of aromatic nitrogens is 6. The molecule has 0 N–H and O–H groups in total. The van der Waals surface area contributed by atoms with Gasteiger partial charge in [-0.15, -0.1) is 0 Å². The molecule has 0 aliphatic carbocycles. The first-order chi connectivity index (χ1) is 47.8. The van der Waals surface area contributed by atoms with Crippen molar-refractivity contribution >= 4 is 109 Å². The zero-order valence-corrected chi connectivity index (χ0v) is 51.8. The third kappa shape index (κ3) is 8.97. The number of rotatable bonds is 8. The van der Waals surface area contributed by atoms with Gasteiger partial charge in [0.05, 0.1) is 66.5 Å². The Morgan fingerprint density at radius 1 is 0.224 bits per heavy atom. The molecule has 0 bridgehead atoms. The molecule has 5 heterocycles. The Bertz CT molecular complexity index is 6210. The van der Waals surface area contributed by atoms with Crippen LogP contribution in [-0.2, 0) is 12.4 Å². The average molecular weight is 1280 g/mol. The van der Waals surface area contributed by atoms with Crippen LogP contribution in [0.3, 0.4) is 0 Å². The van der Waals surface area contributed by atoms with Crippen LogP contribution in [0.4, 0.5) is 26.3 Å². The second-order valence-electron chi connectivity index (χ2n) is 25.1. The molecule has 0 amide bonds. The van der Waals surface area contributed by atoms with Gasteiger partial charge in [-0.25, -0.2) is 9.97 Å². The molecular formula is C86H50F6N6. The van der Waals surface area contributed by atoms with E-state index in [-0.39, 0.29) is 28.5 Å². The van der Waals surface area contributed by atoms with Crippen LogP contribution >= 0.6 is 0 Å². The van der Waals surface area contributed by atoms with E-state index in [4.69, 9.17) is 9.97 Å². The van der Waals surface area contributed by atoms with Gasteiger partial charge in [-0.2, -0.15) is 26.3 Å². The van der Waals surface area contributed by atoms with Crippen molar-refractivity contribution in [3.05, 3.63) is 314 Å². The second kappa shape index (κ2) is 21.5. The van der Waals surface area contributed by atoms with E-state index < -0.39 is 23.5 Å². The summed E-state index contributed by atoms with van der Waals surface area (Å²) in [5, 5.41) is 10.1. The topological polar surface area (TPSA) is 45.5 Å². The first-order valence-corrected chi connectivity index (χ1v) is 32.2. The van der Waals surface area contributed by atoms with Crippen LogP contribution in [0.15, 0.2) is 303 Å². The lowest BCUT2D eigenvalue weighted by Crippen LogP contribution is -2.11. The lowest BCUT2D eigenvalue weighted by Gasteiger charge is -2.18. The standard InChI is InChI=1S/C86H50F6N6/c87-85(88,89)58-41-56(42-59(49-58)86(90,91)92)82-71-38-31-51-17-7-8-22-64(51)83(71)94-84(93-82)57-43-62(97-74-27-13-9-23-65(74)69-36-32-54(47-80(69)97)52-34-39-78-72(45-52)67-25-11-15-29-76(67)95(78)60-18-3-1-4-19-60)50-63(44-57)98-75-28-14-10-24-66(75)70-37-33-55(48-81(70)98)53-35-40-79-73(46-53)68-26-12-16-30-77(68)96(79)61-20-5-2-6-21-61/h1-50H. The lowest BCUT2D eigenvalue weighted by molar-refractivity contribution is -0.143. The molecule has 19 rings (SSSR count). The summed E-state index contributed by atoms with van der Waals surface area (Å²) in [5.74, 6) is 0.0896. The second-order valence-corrected chi connectivity index (χ2v) is 25.1. The van der Waals surface area contributed by atoms with Crippen molar-refractivity contribution < 1.29 is 26.3 Å². The molecule has 0 fully saturated rings. The van der Waals surface area contributed by atoms with E-state index in [9.17, 15) is 26.3 Å². The number of hydrogen-bond donors (Lipinski definition) is 0. The van der Waals surface area contributed by atoms with E-state index in [0.717, 1.165) is 138 Å². The highest BCUT2D eigenvalue weighted by Gasteiger charge is 2.38. The van der Waals surface area contributed by atoms with Crippen LogP contribution in [0.25, 0.3) is 177 Å². The largest absolute Gasteiger partial charge is 0.416 e. The van der Waals surface area contributed by atoms with Gasteiger partial charge >= 0.3 is 12.4 Å². The van der Waals surface area contributed by atoms with Crippen LogP contribution in [0.1, 0.15) is 11.1 Å². The average Bonchev–Trinajstić information content (AvgIpc) is 1.36. The first kappa shape index (κ1) is 57.0. The van der Waals surface area contributed by atoms with E-state index in [1.54, 1.807) is 12.1 Å². The van der Waals surface area contributed by atoms with Gasteiger partial charge in [0, 0.05) is 87.7 Å². The fraction of sp³-hybridized carbons (Fsp3) is 0.0233. The van der Waals surface area contributed by atoms with Crippen molar-refractivity contribution in [1.29, 1.82) is 0 Å². The SMILES string of the molecule is FC(F)(F)c1cc(-c2nc(-c3cc(-n4c5ccccc5c5ccc(-c6ccc7c(c6)c6ccccc6n7-c6ccccc6)cc54)cc(-n4c5ccccc5c5ccc(-c6ccc7c(c6)c6ccccc6n7-c6ccccc6)cc54)c3)nc3c2ccc2ccccc23)cc(C(F)(F)F)c1. The predicted molar refractivity (Wildman–Crippen MR) is 386 cm³/mol. The van der Waals surface area contributed by atoms with Gasteiger partial charge in [-0.05, 0) is 155 Å².